The summed E-state index contributed by atoms with van der Waals surface area (Å²) in [5.74, 6) is 0.769. The Morgan fingerprint density at radius 2 is 1.58 bits per heavy atom. The number of likely N-dealkylation sites (tertiary alicyclic amines) is 1. The van der Waals surface area contributed by atoms with Gasteiger partial charge in [-0.3, -0.25) is 9.69 Å². The van der Waals surface area contributed by atoms with E-state index in [4.69, 9.17) is 14.2 Å². The van der Waals surface area contributed by atoms with E-state index in [1.54, 1.807) is 12.0 Å². The van der Waals surface area contributed by atoms with E-state index in [0.29, 0.717) is 6.47 Å². The van der Waals surface area contributed by atoms with E-state index in [0.717, 1.165) is 16.9 Å². The molecule has 4 rings (SSSR count). The number of carbonyl (C=O) groups excluding carboxylic acids is 2. The minimum absolute atomic E-state index is 0.0641. The fourth-order valence-electron chi connectivity index (χ4n) is 3.77. The lowest BCUT2D eigenvalue weighted by molar-refractivity contribution is -0.138. The van der Waals surface area contributed by atoms with E-state index < -0.39 is 11.3 Å². The smallest absolute Gasteiger partial charge is 0.413 e. The van der Waals surface area contributed by atoms with Crippen molar-refractivity contribution >= 4 is 12.6 Å². The lowest BCUT2D eigenvalue weighted by Crippen LogP contribution is -2.57. The maximum absolute atomic E-state index is 13.0. The van der Waals surface area contributed by atoms with Crippen molar-refractivity contribution < 1.29 is 28.5 Å². The topological polar surface area (TPSA) is 77.6 Å². The van der Waals surface area contributed by atoms with Crippen molar-refractivity contribution in [3.05, 3.63) is 65.7 Å². The van der Waals surface area contributed by atoms with Crippen molar-refractivity contribution in [2.45, 2.75) is 70.6 Å². The Kier molecular flexibility index (Phi) is 6.75. The molecule has 3 atom stereocenters. The van der Waals surface area contributed by atoms with Gasteiger partial charge in [0.05, 0.1) is 13.2 Å². The predicted molar refractivity (Wildman–Crippen MR) is 124 cm³/mol. The summed E-state index contributed by atoms with van der Waals surface area (Å²) >= 11 is 0. The third-order valence-corrected chi connectivity index (χ3v) is 5.19. The van der Waals surface area contributed by atoms with Crippen LogP contribution in [0.5, 0.6) is 5.75 Å². The Morgan fingerprint density at radius 3 is 2.03 bits per heavy atom. The summed E-state index contributed by atoms with van der Waals surface area (Å²) < 4.78 is 21.5. The molecule has 2 aliphatic heterocycles. The first-order valence-electron chi connectivity index (χ1n) is 10.9. The second-order valence-corrected chi connectivity index (χ2v) is 10.00. The quantitative estimate of drug-likeness (QED) is 0.466. The molecule has 0 bridgehead atoms. The van der Waals surface area contributed by atoms with Crippen molar-refractivity contribution in [3.8, 4) is 5.75 Å². The number of amides is 1. The number of hydrogen-bond donors (Lipinski definition) is 0. The van der Waals surface area contributed by atoms with Crippen molar-refractivity contribution in [2.75, 3.05) is 7.11 Å². The SMILES string of the molecule is CC(C)(C)OC=O.COc1ccc(C23O[C@H]2[C@H](c2ccccc2)N3C(=O)OC(C)(C)C)cc1. The number of epoxide rings is 1. The molecular formula is C26H33NO6. The van der Waals surface area contributed by atoms with Gasteiger partial charge in [-0.2, -0.15) is 0 Å². The molecule has 0 aromatic heterocycles. The highest BCUT2D eigenvalue weighted by Crippen LogP contribution is 2.67. The fraction of sp³-hybridized carbons (Fsp3) is 0.462. The highest BCUT2D eigenvalue weighted by molar-refractivity contribution is 5.74. The fourth-order valence-corrected chi connectivity index (χ4v) is 3.77. The minimum atomic E-state index is -0.741. The molecule has 0 spiro atoms. The highest BCUT2D eigenvalue weighted by atomic mass is 16.7. The van der Waals surface area contributed by atoms with Crippen molar-refractivity contribution in [1.29, 1.82) is 0 Å². The molecule has 1 amide bonds. The summed E-state index contributed by atoms with van der Waals surface area (Å²) in [7, 11) is 1.63. The Morgan fingerprint density at radius 1 is 0.970 bits per heavy atom. The van der Waals surface area contributed by atoms with E-state index >= 15 is 0 Å². The number of fused-ring (bicyclic) bond motifs is 1. The van der Waals surface area contributed by atoms with Gasteiger partial charge in [0.15, 0.2) is 0 Å². The van der Waals surface area contributed by atoms with Crippen molar-refractivity contribution in [3.63, 3.8) is 0 Å². The number of benzene rings is 2. The Labute approximate surface area is 195 Å². The summed E-state index contributed by atoms with van der Waals surface area (Å²) in [6, 6.07) is 17.4. The van der Waals surface area contributed by atoms with Crippen molar-refractivity contribution in [2.24, 2.45) is 0 Å². The van der Waals surface area contributed by atoms with Gasteiger partial charge in [-0.1, -0.05) is 42.5 Å². The molecule has 2 aliphatic rings. The average molecular weight is 456 g/mol. The summed E-state index contributed by atoms with van der Waals surface area (Å²) in [5.41, 5.74) is 0.349. The van der Waals surface area contributed by atoms with Crippen LogP contribution < -0.4 is 4.74 Å². The van der Waals surface area contributed by atoms with Crippen LogP contribution in [0.1, 0.15) is 58.7 Å². The van der Waals surface area contributed by atoms with Gasteiger partial charge in [-0.05, 0) is 59.2 Å². The second kappa shape index (κ2) is 9.06. The molecule has 2 aromatic rings. The lowest BCUT2D eigenvalue weighted by Gasteiger charge is -2.44. The zero-order valence-electron chi connectivity index (χ0n) is 20.3. The van der Waals surface area contributed by atoms with E-state index in [-0.39, 0.29) is 23.8 Å². The van der Waals surface area contributed by atoms with Gasteiger partial charge in [0.25, 0.3) is 6.47 Å². The molecular weight excluding hydrogens is 422 g/mol. The van der Waals surface area contributed by atoms with E-state index in [2.05, 4.69) is 4.74 Å². The minimum Gasteiger partial charge on any atom is -0.497 e. The molecule has 7 nitrogen and oxygen atoms in total. The second-order valence-electron chi connectivity index (χ2n) is 10.00. The molecule has 2 heterocycles. The highest BCUT2D eigenvalue weighted by Gasteiger charge is 2.79. The maximum atomic E-state index is 13.0. The largest absolute Gasteiger partial charge is 0.497 e. The lowest BCUT2D eigenvalue weighted by atomic mass is 9.84. The third-order valence-electron chi connectivity index (χ3n) is 5.19. The van der Waals surface area contributed by atoms with E-state index in [1.807, 2.05) is 96.1 Å². The molecule has 2 aromatic carbocycles. The number of rotatable bonds is 4. The molecule has 2 saturated heterocycles. The predicted octanol–water partition coefficient (Wildman–Crippen LogP) is 5.20. The monoisotopic (exact) mass is 455 g/mol. The molecule has 1 unspecified atom stereocenters. The Bertz CT molecular complexity index is 961. The Hall–Kier alpha value is -3.06. The number of carbonyl (C=O) groups is 2. The van der Waals surface area contributed by atoms with Gasteiger partial charge >= 0.3 is 6.09 Å². The average Bonchev–Trinajstić information content (AvgIpc) is 3.35. The first-order chi connectivity index (χ1) is 15.4. The first-order valence-corrected chi connectivity index (χ1v) is 10.9. The van der Waals surface area contributed by atoms with E-state index in [9.17, 15) is 9.59 Å². The van der Waals surface area contributed by atoms with Crippen LogP contribution in [-0.4, -0.2) is 41.9 Å². The van der Waals surface area contributed by atoms with Gasteiger partial charge < -0.3 is 18.9 Å². The zero-order chi connectivity index (χ0) is 24.4. The van der Waals surface area contributed by atoms with Crippen LogP contribution in [0.3, 0.4) is 0 Å². The molecule has 178 valence electrons. The van der Waals surface area contributed by atoms with Gasteiger partial charge in [0.2, 0.25) is 5.72 Å². The number of hydrogen-bond acceptors (Lipinski definition) is 6. The molecule has 7 heteroatoms. The molecule has 0 radical (unpaired) electrons. The van der Waals surface area contributed by atoms with Crippen LogP contribution in [0.4, 0.5) is 4.79 Å². The van der Waals surface area contributed by atoms with Gasteiger partial charge in [-0.15, -0.1) is 0 Å². The molecule has 0 N–H and O–H groups in total. The molecule has 2 fully saturated rings. The third kappa shape index (κ3) is 5.30. The van der Waals surface area contributed by atoms with Crippen LogP contribution in [0.25, 0.3) is 0 Å². The zero-order valence-corrected chi connectivity index (χ0v) is 20.3. The van der Waals surface area contributed by atoms with Crippen LogP contribution in [0.15, 0.2) is 54.6 Å². The van der Waals surface area contributed by atoms with Gasteiger partial charge in [0.1, 0.15) is 23.1 Å². The van der Waals surface area contributed by atoms with Crippen LogP contribution in [0.2, 0.25) is 0 Å². The van der Waals surface area contributed by atoms with Crippen LogP contribution in [-0.2, 0) is 24.7 Å². The number of methoxy groups -OCH3 is 1. The molecule has 0 aliphatic carbocycles. The molecule has 33 heavy (non-hydrogen) atoms. The van der Waals surface area contributed by atoms with Crippen LogP contribution in [0, 0.1) is 0 Å². The van der Waals surface area contributed by atoms with Crippen LogP contribution >= 0.6 is 0 Å². The van der Waals surface area contributed by atoms with E-state index in [1.165, 1.54) is 0 Å². The normalized spacial score (nSPS) is 23.2. The van der Waals surface area contributed by atoms with Crippen molar-refractivity contribution in [1.82, 2.24) is 4.90 Å². The molecule has 0 saturated carbocycles. The first kappa shape index (κ1) is 24.6. The standard InChI is InChI=1S/C21H23NO4.C5H10O2/c1-20(2,3)26-19(23)22-17(14-8-6-5-7-9-14)18-21(22,25-18)15-10-12-16(24-4)13-11-15;1-5(2,3)7-4-6/h5-13,17-18H,1-4H3;4H,1-3H3/t17-,18-,21?;/m0./s1. The summed E-state index contributed by atoms with van der Waals surface area (Å²) in [5, 5.41) is 0. The number of ether oxygens (including phenoxy) is 4. The summed E-state index contributed by atoms with van der Waals surface area (Å²) in [6.45, 7) is 11.5. The maximum Gasteiger partial charge on any atom is 0.413 e. The summed E-state index contributed by atoms with van der Waals surface area (Å²) in [4.78, 5) is 24.3. The summed E-state index contributed by atoms with van der Waals surface area (Å²) in [6.07, 6.45) is -0.429. The number of nitrogens with zero attached hydrogens (tertiary/aromatic N) is 1. The Balaban J connectivity index is 0.000000383. The van der Waals surface area contributed by atoms with Gasteiger partial charge in [0, 0.05) is 5.56 Å². The van der Waals surface area contributed by atoms with Gasteiger partial charge in [-0.25, -0.2) is 4.79 Å².